The van der Waals surface area contributed by atoms with Gasteiger partial charge in [-0.3, -0.25) is 4.79 Å². The molecule has 5 heterocycles. The van der Waals surface area contributed by atoms with Gasteiger partial charge in [0.25, 0.3) is 5.91 Å². The van der Waals surface area contributed by atoms with Gasteiger partial charge in [-0.2, -0.15) is 17.5 Å². The molecule has 15 heteroatoms. The van der Waals surface area contributed by atoms with Gasteiger partial charge in [0.05, 0.1) is 24.4 Å². The molecule has 4 aliphatic rings. The van der Waals surface area contributed by atoms with Gasteiger partial charge >= 0.3 is 15.5 Å². The third-order valence-electron chi connectivity index (χ3n) is 9.98. The number of hydrogen-bond acceptors (Lipinski definition) is 7. The van der Waals surface area contributed by atoms with Gasteiger partial charge in [-0.1, -0.05) is 0 Å². The van der Waals surface area contributed by atoms with Crippen molar-refractivity contribution in [2.24, 2.45) is 17.6 Å². The Hall–Kier alpha value is -3.69. The van der Waals surface area contributed by atoms with Gasteiger partial charge in [-0.25, -0.2) is 18.4 Å². The van der Waals surface area contributed by atoms with Crippen LogP contribution in [0.3, 0.4) is 0 Å². The standard InChI is InChI=1S/C30H32F3N7O4S/c1-44-24-11-19(29(41)39-13-18-6-7-22(39)25(18)34)9-21-26(24)40(20-14-37(15-20)45(42,43)30(31,32)33)28(36-21)23-10-17-3-2-8-35-27(17)38(23)12-16-4-5-16/h2-3,8-11,16,18,20,22,25H,4-7,12-15,34H2,1H3/t18-,22-,25-/m1/s1. The SMILES string of the molecule is COc1cc(C(=O)N2C[C@H]3CC[C@@H]2[C@@H]3N)cc2nc(-c3cc4cccnc4n3CC3CC3)n(C3CN(S(=O)(=O)C(F)(F)F)C3)c12. The Kier molecular flexibility index (Phi) is 6.33. The van der Waals surface area contributed by atoms with Crippen LogP contribution < -0.4 is 10.5 Å². The highest BCUT2D eigenvalue weighted by molar-refractivity contribution is 7.90. The summed E-state index contributed by atoms with van der Waals surface area (Å²) in [6, 6.07) is 8.30. The molecule has 8 rings (SSSR count). The van der Waals surface area contributed by atoms with Crippen LogP contribution in [0, 0.1) is 11.8 Å². The number of halogens is 3. The minimum Gasteiger partial charge on any atom is -0.494 e. The molecule has 238 valence electrons. The first-order chi connectivity index (χ1) is 21.5. The quantitative estimate of drug-likeness (QED) is 0.325. The molecule has 4 fully saturated rings. The van der Waals surface area contributed by atoms with Crippen LogP contribution in [0.2, 0.25) is 0 Å². The van der Waals surface area contributed by atoms with E-state index in [1.165, 1.54) is 7.11 Å². The molecule has 2 aliphatic heterocycles. The number of rotatable bonds is 7. The zero-order valence-electron chi connectivity index (χ0n) is 24.4. The average molecular weight is 644 g/mol. The predicted molar refractivity (Wildman–Crippen MR) is 159 cm³/mol. The number of pyridine rings is 1. The van der Waals surface area contributed by atoms with Gasteiger partial charge in [0.15, 0.2) is 5.82 Å². The third kappa shape index (κ3) is 4.37. The summed E-state index contributed by atoms with van der Waals surface area (Å²) in [4.78, 5) is 25.2. The molecule has 0 radical (unpaired) electrons. The molecule has 3 aromatic heterocycles. The summed E-state index contributed by atoms with van der Waals surface area (Å²) in [6.07, 6.45) is 5.72. The molecule has 2 N–H and O–H groups in total. The predicted octanol–water partition coefficient (Wildman–Crippen LogP) is 3.74. The summed E-state index contributed by atoms with van der Waals surface area (Å²) in [5, 5.41) is 0.880. The lowest BCUT2D eigenvalue weighted by molar-refractivity contribution is -0.0519. The first-order valence-corrected chi connectivity index (χ1v) is 16.6. The molecule has 11 nitrogen and oxygen atoms in total. The molecule has 0 unspecified atom stereocenters. The second-order valence-corrected chi connectivity index (χ2v) is 14.6. The number of carbonyl (C=O) groups excluding carboxylic acids is 1. The highest BCUT2D eigenvalue weighted by Crippen LogP contribution is 2.43. The van der Waals surface area contributed by atoms with Crippen LogP contribution in [-0.4, -0.2) is 87.0 Å². The molecule has 3 atom stereocenters. The fraction of sp³-hybridized carbons (Fsp3) is 0.500. The summed E-state index contributed by atoms with van der Waals surface area (Å²) in [5.74, 6) is 1.33. The number of benzene rings is 1. The lowest BCUT2D eigenvalue weighted by Crippen LogP contribution is -2.54. The fourth-order valence-corrected chi connectivity index (χ4v) is 8.43. The number of amides is 1. The third-order valence-corrected chi connectivity index (χ3v) is 11.5. The number of ether oxygens (including phenoxy) is 1. The van der Waals surface area contributed by atoms with Crippen LogP contribution in [0.4, 0.5) is 13.2 Å². The van der Waals surface area contributed by atoms with Gasteiger partial charge in [-0.15, -0.1) is 0 Å². The maximum absolute atomic E-state index is 13.8. The van der Waals surface area contributed by atoms with Crippen LogP contribution >= 0.6 is 0 Å². The smallest absolute Gasteiger partial charge is 0.494 e. The highest BCUT2D eigenvalue weighted by atomic mass is 32.2. The molecular formula is C30H32F3N7O4S. The Bertz CT molecular complexity index is 1960. The number of imidazole rings is 1. The largest absolute Gasteiger partial charge is 0.511 e. The number of piperidine rings is 1. The highest BCUT2D eigenvalue weighted by Gasteiger charge is 2.54. The van der Waals surface area contributed by atoms with Crippen LogP contribution in [0.1, 0.15) is 42.1 Å². The van der Waals surface area contributed by atoms with Crippen molar-refractivity contribution in [2.45, 2.75) is 55.9 Å². The zero-order chi connectivity index (χ0) is 31.4. The van der Waals surface area contributed by atoms with Crippen molar-refractivity contribution >= 4 is 38.0 Å². The Morgan fingerprint density at radius 2 is 1.89 bits per heavy atom. The Labute approximate surface area is 256 Å². The summed E-state index contributed by atoms with van der Waals surface area (Å²) < 4.78 is 74.7. The van der Waals surface area contributed by atoms with Gasteiger partial charge in [-0.05, 0) is 67.9 Å². The van der Waals surface area contributed by atoms with Gasteiger partial charge < -0.3 is 24.5 Å². The normalized spacial score (nSPS) is 24.2. The number of hydrogen-bond donors (Lipinski definition) is 1. The number of methoxy groups -OCH3 is 1. The average Bonchev–Trinajstić information content (AvgIpc) is 3.33. The van der Waals surface area contributed by atoms with E-state index < -0.39 is 21.6 Å². The summed E-state index contributed by atoms with van der Waals surface area (Å²) in [7, 11) is -4.03. The first-order valence-electron chi connectivity index (χ1n) is 15.1. The van der Waals surface area contributed by atoms with Crippen molar-refractivity contribution in [1.29, 1.82) is 0 Å². The monoisotopic (exact) mass is 643 g/mol. The Morgan fingerprint density at radius 1 is 1.11 bits per heavy atom. The van der Waals surface area contributed by atoms with Crippen molar-refractivity contribution in [3.05, 3.63) is 42.1 Å². The number of aromatic nitrogens is 4. The zero-order valence-corrected chi connectivity index (χ0v) is 25.3. The number of alkyl halides is 3. The van der Waals surface area contributed by atoms with Crippen LogP contribution in [-0.2, 0) is 16.6 Å². The van der Waals surface area contributed by atoms with Crippen LogP contribution in [0.15, 0.2) is 36.5 Å². The molecule has 45 heavy (non-hydrogen) atoms. The van der Waals surface area contributed by atoms with Crippen molar-refractivity contribution in [2.75, 3.05) is 26.7 Å². The van der Waals surface area contributed by atoms with E-state index >= 15 is 0 Å². The van der Waals surface area contributed by atoms with E-state index in [-0.39, 0.29) is 37.0 Å². The number of likely N-dealkylation sites (tertiary alicyclic amines) is 1. The first kappa shape index (κ1) is 28.8. The van der Waals surface area contributed by atoms with Crippen LogP contribution in [0.25, 0.3) is 33.6 Å². The summed E-state index contributed by atoms with van der Waals surface area (Å²) >= 11 is 0. The van der Waals surface area contributed by atoms with Crippen molar-refractivity contribution in [3.63, 3.8) is 0 Å². The lowest BCUT2D eigenvalue weighted by Gasteiger charge is -2.39. The number of fused-ring (bicyclic) bond motifs is 4. The number of nitrogens with two attached hydrogens (primary N) is 1. The second-order valence-electron chi connectivity index (χ2n) is 12.7. The van der Waals surface area contributed by atoms with E-state index in [0.717, 1.165) is 36.7 Å². The van der Waals surface area contributed by atoms with Crippen molar-refractivity contribution in [3.8, 4) is 17.3 Å². The van der Waals surface area contributed by atoms with Gasteiger partial charge in [0.2, 0.25) is 0 Å². The minimum atomic E-state index is -5.49. The van der Waals surface area contributed by atoms with E-state index in [2.05, 4.69) is 9.55 Å². The molecular weight excluding hydrogens is 611 g/mol. The lowest BCUT2D eigenvalue weighted by atomic mass is 10.1. The minimum absolute atomic E-state index is 0.0283. The van der Waals surface area contributed by atoms with Crippen molar-refractivity contribution in [1.82, 2.24) is 28.3 Å². The summed E-state index contributed by atoms with van der Waals surface area (Å²) in [5.41, 5.74) is 3.73. The van der Waals surface area contributed by atoms with Crippen molar-refractivity contribution < 1.29 is 31.1 Å². The molecule has 0 spiro atoms. The topological polar surface area (TPSA) is 129 Å². The number of sulfonamides is 1. The molecule has 2 saturated carbocycles. The van der Waals surface area contributed by atoms with E-state index in [9.17, 15) is 26.4 Å². The molecule has 4 aromatic rings. The van der Waals surface area contributed by atoms with Crippen LogP contribution in [0.5, 0.6) is 5.75 Å². The fourth-order valence-electron chi connectivity index (χ4n) is 7.40. The van der Waals surface area contributed by atoms with E-state index in [1.807, 2.05) is 23.1 Å². The molecule has 1 aromatic carbocycles. The van der Waals surface area contributed by atoms with E-state index in [0.29, 0.717) is 57.2 Å². The maximum atomic E-state index is 13.8. The van der Waals surface area contributed by atoms with Gasteiger partial charge in [0.1, 0.15) is 16.9 Å². The Balaban J connectivity index is 1.28. The Morgan fingerprint density at radius 3 is 2.53 bits per heavy atom. The second kappa shape index (κ2) is 9.90. The molecule has 2 bridgehead atoms. The van der Waals surface area contributed by atoms with E-state index in [1.54, 1.807) is 22.9 Å². The number of carbonyl (C=O) groups is 1. The van der Waals surface area contributed by atoms with E-state index in [4.69, 9.17) is 15.5 Å². The molecule has 1 amide bonds. The maximum Gasteiger partial charge on any atom is 0.511 e. The molecule has 2 saturated heterocycles. The van der Waals surface area contributed by atoms with Gasteiger partial charge in [0, 0.05) is 55.4 Å². The number of nitrogens with zero attached hydrogens (tertiary/aromatic N) is 6. The molecule has 2 aliphatic carbocycles. The summed E-state index contributed by atoms with van der Waals surface area (Å²) in [6.45, 7) is 0.501.